The monoisotopic (exact) mass is 340 g/mol. The number of hydrogen-bond acceptors (Lipinski definition) is 4. The summed E-state index contributed by atoms with van der Waals surface area (Å²) in [7, 11) is 0. The fourth-order valence-corrected chi connectivity index (χ4v) is 3.69. The van der Waals surface area contributed by atoms with Crippen LogP contribution in [0.4, 0.5) is 4.39 Å². The Bertz CT molecular complexity index is 855. The van der Waals surface area contributed by atoms with E-state index in [0.717, 1.165) is 11.3 Å². The van der Waals surface area contributed by atoms with Crippen molar-refractivity contribution in [2.24, 2.45) is 5.41 Å². The molecule has 0 saturated carbocycles. The molecular weight excluding hydrogens is 319 g/mol. The van der Waals surface area contributed by atoms with Gasteiger partial charge in [0.15, 0.2) is 6.29 Å². The van der Waals surface area contributed by atoms with E-state index in [1.807, 2.05) is 20.8 Å². The summed E-state index contributed by atoms with van der Waals surface area (Å²) in [5, 5.41) is 0.389. The smallest absolute Gasteiger partial charge is 0.297 e. The highest BCUT2D eigenvalue weighted by Crippen LogP contribution is 2.27. The predicted octanol–water partition coefficient (Wildman–Crippen LogP) is 2.75. The topological polar surface area (TPSA) is 61.1 Å². The van der Waals surface area contributed by atoms with Crippen LogP contribution in [0.2, 0.25) is 0 Å². The van der Waals surface area contributed by atoms with Gasteiger partial charge in [-0.05, 0) is 24.3 Å². The van der Waals surface area contributed by atoms with Crippen molar-refractivity contribution >= 4 is 27.8 Å². The quantitative estimate of drug-likeness (QED) is 0.786. The van der Waals surface area contributed by atoms with Crippen molar-refractivity contribution in [3.63, 3.8) is 0 Å². The molecule has 0 amide bonds. The molecule has 2 aromatic heterocycles. The maximum absolute atomic E-state index is 12.8. The second-order valence-electron chi connectivity index (χ2n) is 6.82. The fraction of sp³-hybridized carbons (Fsp3) is 0.562. The third-order valence-corrected chi connectivity index (χ3v) is 4.83. The highest BCUT2D eigenvalue weighted by atomic mass is 32.1. The standard InChI is InChI=1S/C16H21FN2O3S/c1-10-11(8-20)23-14-12(10)13(21)19(9-16(2,3)4)15(22)18(14)7-5-6-17/h8H,5-7,9H2,1-4H3. The third kappa shape index (κ3) is 3.29. The van der Waals surface area contributed by atoms with E-state index in [1.165, 1.54) is 9.13 Å². The van der Waals surface area contributed by atoms with Gasteiger partial charge in [-0.3, -0.25) is 23.1 Å². The van der Waals surface area contributed by atoms with Gasteiger partial charge in [-0.1, -0.05) is 20.8 Å². The molecule has 126 valence electrons. The molecule has 0 unspecified atom stereocenters. The van der Waals surface area contributed by atoms with E-state index in [-0.39, 0.29) is 30.5 Å². The molecule has 0 fully saturated rings. The van der Waals surface area contributed by atoms with Crippen LogP contribution in [0.1, 0.15) is 42.4 Å². The van der Waals surface area contributed by atoms with Crippen LogP contribution >= 0.6 is 11.3 Å². The number of carbonyl (C=O) groups is 1. The maximum Gasteiger partial charge on any atom is 0.332 e. The van der Waals surface area contributed by atoms with Crippen molar-refractivity contribution in [3.05, 3.63) is 31.3 Å². The van der Waals surface area contributed by atoms with Gasteiger partial charge in [0.25, 0.3) is 5.56 Å². The summed E-state index contributed by atoms with van der Waals surface area (Å²) in [5.74, 6) is 0. The summed E-state index contributed by atoms with van der Waals surface area (Å²) < 4.78 is 15.2. The lowest BCUT2D eigenvalue weighted by atomic mass is 9.97. The van der Waals surface area contributed by atoms with E-state index in [4.69, 9.17) is 0 Å². The maximum atomic E-state index is 12.8. The van der Waals surface area contributed by atoms with Crippen molar-refractivity contribution in [2.45, 2.75) is 47.2 Å². The zero-order valence-electron chi connectivity index (χ0n) is 13.8. The van der Waals surface area contributed by atoms with Gasteiger partial charge in [0.2, 0.25) is 0 Å². The summed E-state index contributed by atoms with van der Waals surface area (Å²) >= 11 is 1.12. The second kappa shape index (κ2) is 6.39. The summed E-state index contributed by atoms with van der Waals surface area (Å²) in [6, 6.07) is 0. The first-order valence-corrected chi connectivity index (χ1v) is 8.31. The lowest BCUT2D eigenvalue weighted by Crippen LogP contribution is -2.42. The molecule has 0 N–H and O–H groups in total. The van der Waals surface area contributed by atoms with E-state index in [1.54, 1.807) is 6.92 Å². The lowest BCUT2D eigenvalue weighted by Gasteiger charge is -2.20. The van der Waals surface area contributed by atoms with Crippen LogP contribution in [0.15, 0.2) is 9.59 Å². The zero-order chi connectivity index (χ0) is 17.4. The van der Waals surface area contributed by atoms with E-state index in [2.05, 4.69) is 0 Å². The van der Waals surface area contributed by atoms with E-state index >= 15 is 0 Å². The molecule has 0 radical (unpaired) electrons. The number of nitrogens with zero attached hydrogens (tertiary/aromatic N) is 2. The van der Waals surface area contributed by atoms with Gasteiger partial charge in [-0.2, -0.15) is 0 Å². The van der Waals surface area contributed by atoms with E-state index in [9.17, 15) is 18.8 Å². The Hall–Kier alpha value is -1.76. The van der Waals surface area contributed by atoms with Crippen LogP contribution in [-0.2, 0) is 13.1 Å². The van der Waals surface area contributed by atoms with Crippen LogP contribution < -0.4 is 11.2 Å². The molecule has 2 heterocycles. The second-order valence-corrected chi connectivity index (χ2v) is 7.85. The zero-order valence-corrected chi connectivity index (χ0v) is 14.6. The molecule has 0 aliphatic heterocycles. The first kappa shape index (κ1) is 17.6. The average Bonchev–Trinajstić information content (AvgIpc) is 2.79. The Labute approximate surface area is 137 Å². The van der Waals surface area contributed by atoms with E-state index < -0.39 is 12.4 Å². The van der Waals surface area contributed by atoms with Crippen molar-refractivity contribution in [1.82, 2.24) is 9.13 Å². The number of carbonyl (C=O) groups excluding carboxylic acids is 1. The number of alkyl halides is 1. The van der Waals surface area contributed by atoms with Gasteiger partial charge in [0, 0.05) is 13.1 Å². The largest absolute Gasteiger partial charge is 0.332 e. The number of halogens is 1. The Kier molecular flexibility index (Phi) is 4.89. The summed E-state index contributed by atoms with van der Waals surface area (Å²) in [6.45, 7) is 7.42. The van der Waals surface area contributed by atoms with Gasteiger partial charge in [0.05, 0.1) is 16.9 Å². The van der Waals surface area contributed by atoms with Crippen LogP contribution in [0.3, 0.4) is 0 Å². The first-order chi connectivity index (χ1) is 10.7. The molecule has 5 nitrogen and oxygen atoms in total. The van der Waals surface area contributed by atoms with Crippen LogP contribution in [-0.4, -0.2) is 22.1 Å². The minimum Gasteiger partial charge on any atom is -0.297 e. The number of hydrogen-bond donors (Lipinski definition) is 0. The summed E-state index contributed by atoms with van der Waals surface area (Å²) in [6.07, 6.45) is 0.883. The van der Waals surface area contributed by atoms with Crippen LogP contribution in [0.5, 0.6) is 0 Å². The minimum atomic E-state index is -0.544. The molecule has 23 heavy (non-hydrogen) atoms. The molecule has 2 aromatic rings. The Balaban J connectivity index is 2.87. The number of fused-ring (bicyclic) bond motifs is 1. The predicted molar refractivity (Wildman–Crippen MR) is 90.5 cm³/mol. The molecule has 7 heteroatoms. The molecule has 0 spiro atoms. The lowest BCUT2D eigenvalue weighted by molar-refractivity contribution is 0.112. The average molecular weight is 340 g/mol. The Morgan fingerprint density at radius 2 is 1.87 bits per heavy atom. The number of aldehydes is 1. The van der Waals surface area contributed by atoms with Gasteiger partial charge in [-0.25, -0.2) is 4.79 Å². The number of aromatic nitrogens is 2. The van der Waals surface area contributed by atoms with Crippen LogP contribution in [0, 0.1) is 12.3 Å². The van der Waals surface area contributed by atoms with Gasteiger partial charge in [0.1, 0.15) is 4.83 Å². The van der Waals surface area contributed by atoms with Gasteiger partial charge < -0.3 is 0 Å². The van der Waals surface area contributed by atoms with E-state index in [0.29, 0.717) is 26.9 Å². The molecular formula is C16H21FN2O3S. The minimum absolute atomic E-state index is 0.189. The number of thiophene rings is 1. The summed E-state index contributed by atoms with van der Waals surface area (Å²) in [5.41, 5.74) is -0.490. The normalized spacial score (nSPS) is 12.0. The van der Waals surface area contributed by atoms with Crippen molar-refractivity contribution in [2.75, 3.05) is 6.67 Å². The number of rotatable bonds is 5. The van der Waals surface area contributed by atoms with Crippen LogP contribution in [0.25, 0.3) is 10.2 Å². The molecule has 0 aromatic carbocycles. The molecule has 0 aliphatic rings. The van der Waals surface area contributed by atoms with Crippen molar-refractivity contribution in [3.8, 4) is 0 Å². The Morgan fingerprint density at radius 3 is 2.39 bits per heavy atom. The fourth-order valence-electron chi connectivity index (χ4n) is 2.55. The molecule has 2 rings (SSSR count). The molecule has 0 saturated heterocycles. The highest BCUT2D eigenvalue weighted by molar-refractivity contribution is 7.20. The molecule has 0 bridgehead atoms. The van der Waals surface area contributed by atoms with Gasteiger partial charge >= 0.3 is 5.69 Å². The third-order valence-electron chi connectivity index (χ3n) is 3.59. The highest BCUT2D eigenvalue weighted by Gasteiger charge is 2.22. The molecule has 0 atom stereocenters. The first-order valence-electron chi connectivity index (χ1n) is 7.49. The molecule has 0 aliphatic carbocycles. The Morgan fingerprint density at radius 1 is 1.22 bits per heavy atom. The van der Waals surface area contributed by atoms with Gasteiger partial charge in [-0.15, -0.1) is 11.3 Å². The van der Waals surface area contributed by atoms with Crippen molar-refractivity contribution in [1.29, 1.82) is 0 Å². The summed E-state index contributed by atoms with van der Waals surface area (Å²) in [4.78, 5) is 37.6. The SMILES string of the molecule is Cc1c(C=O)sc2c1c(=O)n(CC(C)(C)C)c(=O)n2CCCF. The number of aryl methyl sites for hydroxylation is 2. The van der Waals surface area contributed by atoms with Crippen molar-refractivity contribution < 1.29 is 9.18 Å².